The van der Waals surface area contributed by atoms with E-state index in [0.29, 0.717) is 18.1 Å². The van der Waals surface area contributed by atoms with Gasteiger partial charge in [-0.3, -0.25) is 0 Å². The van der Waals surface area contributed by atoms with E-state index in [1.165, 1.54) is 0 Å². The molecule has 0 aliphatic heterocycles. The predicted molar refractivity (Wildman–Crippen MR) is 78.8 cm³/mol. The zero-order valence-electron chi connectivity index (χ0n) is 12.2. The Balaban J connectivity index is 1.79. The summed E-state index contributed by atoms with van der Waals surface area (Å²) in [7, 11) is 0. The summed E-state index contributed by atoms with van der Waals surface area (Å²) in [6, 6.07) is 8.76. The SMILES string of the molecule is CCOC1CC(Nc2cccc(OCC(C)C)c2)C1. The zero-order chi connectivity index (χ0) is 13.7. The summed E-state index contributed by atoms with van der Waals surface area (Å²) >= 11 is 0. The Hall–Kier alpha value is -1.22. The summed E-state index contributed by atoms with van der Waals surface area (Å²) in [5.41, 5.74) is 1.14. The van der Waals surface area contributed by atoms with Crippen LogP contribution >= 0.6 is 0 Å². The first kappa shape index (κ1) is 14.2. The van der Waals surface area contributed by atoms with E-state index < -0.39 is 0 Å². The number of nitrogens with one attached hydrogen (secondary N) is 1. The van der Waals surface area contributed by atoms with Gasteiger partial charge in [-0.1, -0.05) is 19.9 Å². The molecule has 3 nitrogen and oxygen atoms in total. The second-order valence-electron chi connectivity index (χ2n) is 5.62. The van der Waals surface area contributed by atoms with Crippen molar-refractivity contribution in [2.24, 2.45) is 5.92 Å². The Morgan fingerprint density at radius 1 is 1.32 bits per heavy atom. The van der Waals surface area contributed by atoms with Crippen molar-refractivity contribution < 1.29 is 9.47 Å². The van der Waals surface area contributed by atoms with Crippen molar-refractivity contribution in [3.8, 4) is 5.75 Å². The molecule has 2 rings (SSSR count). The number of hydrogen-bond acceptors (Lipinski definition) is 3. The standard InChI is InChI=1S/C16H25NO2/c1-4-18-16-9-14(10-16)17-13-6-5-7-15(8-13)19-11-12(2)3/h5-8,12,14,16-17H,4,9-11H2,1-3H3. The highest BCUT2D eigenvalue weighted by atomic mass is 16.5. The van der Waals surface area contributed by atoms with Crippen LogP contribution in [0.15, 0.2) is 24.3 Å². The van der Waals surface area contributed by atoms with E-state index in [0.717, 1.165) is 37.5 Å². The highest BCUT2D eigenvalue weighted by Gasteiger charge is 2.29. The zero-order valence-corrected chi connectivity index (χ0v) is 12.2. The van der Waals surface area contributed by atoms with E-state index in [1.54, 1.807) is 0 Å². The molecule has 19 heavy (non-hydrogen) atoms. The lowest BCUT2D eigenvalue weighted by atomic mass is 9.89. The van der Waals surface area contributed by atoms with Crippen LogP contribution in [0.3, 0.4) is 0 Å². The molecule has 1 aromatic carbocycles. The summed E-state index contributed by atoms with van der Waals surface area (Å²) in [4.78, 5) is 0. The molecule has 1 saturated carbocycles. The predicted octanol–water partition coefficient (Wildman–Crippen LogP) is 3.70. The molecule has 1 aromatic rings. The lowest BCUT2D eigenvalue weighted by Crippen LogP contribution is -2.40. The number of ether oxygens (including phenoxy) is 2. The van der Waals surface area contributed by atoms with Gasteiger partial charge in [-0.2, -0.15) is 0 Å². The Morgan fingerprint density at radius 2 is 2.11 bits per heavy atom. The largest absolute Gasteiger partial charge is 0.493 e. The van der Waals surface area contributed by atoms with Crippen LogP contribution in [-0.4, -0.2) is 25.4 Å². The third-order valence-corrected chi connectivity index (χ3v) is 3.29. The summed E-state index contributed by atoms with van der Waals surface area (Å²) in [5.74, 6) is 1.49. The second-order valence-corrected chi connectivity index (χ2v) is 5.62. The van der Waals surface area contributed by atoms with Crippen LogP contribution in [0.4, 0.5) is 5.69 Å². The van der Waals surface area contributed by atoms with Crippen molar-refractivity contribution in [3.63, 3.8) is 0 Å². The van der Waals surface area contributed by atoms with Gasteiger partial charge in [-0.15, -0.1) is 0 Å². The van der Waals surface area contributed by atoms with Crippen molar-refractivity contribution in [1.29, 1.82) is 0 Å². The monoisotopic (exact) mass is 263 g/mol. The summed E-state index contributed by atoms with van der Waals surface area (Å²) < 4.78 is 11.3. The maximum atomic E-state index is 5.74. The first-order chi connectivity index (χ1) is 9.17. The molecule has 0 bridgehead atoms. The van der Waals surface area contributed by atoms with Gasteiger partial charge in [-0.05, 0) is 37.8 Å². The molecule has 106 valence electrons. The molecule has 3 heteroatoms. The Bertz CT molecular complexity index is 386. The van der Waals surface area contributed by atoms with Crippen molar-refractivity contribution in [2.75, 3.05) is 18.5 Å². The van der Waals surface area contributed by atoms with Gasteiger partial charge in [0.25, 0.3) is 0 Å². The Kier molecular flexibility index (Phi) is 5.08. The summed E-state index contributed by atoms with van der Waals surface area (Å²) in [6.45, 7) is 7.94. The third kappa shape index (κ3) is 4.43. The molecule has 1 aliphatic rings. The molecule has 1 fully saturated rings. The molecule has 0 saturated heterocycles. The number of rotatable bonds is 7. The fourth-order valence-corrected chi connectivity index (χ4v) is 2.23. The minimum atomic E-state index is 0.447. The summed E-state index contributed by atoms with van der Waals surface area (Å²) in [6.07, 6.45) is 2.65. The average molecular weight is 263 g/mol. The highest BCUT2D eigenvalue weighted by molar-refractivity contribution is 5.49. The number of benzene rings is 1. The molecule has 1 N–H and O–H groups in total. The van der Waals surface area contributed by atoms with Crippen molar-refractivity contribution in [2.45, 2.75) is 45.8 Å². The highest BCUT2D eigenvalue weighted by Crippen LogP contribution is 2.28. The normalized spacial score (nSPS) is 22.1. The van der Waals surface area contributed by atoms with Crippen LogP contribution in [0.5, 0.6) is 5.75 Å². The van der Waals surface area contributed by atoms with Gasteiger partial charge in [-0.25, -0.2) is 0 Å². The minimum Gasteiger partial charge on any atom is -0.493 e. The topological polar surface area (TPSA) is 30.5 Å². The lowest BCUT2D eigenvalue weighted by molar-refractivity contribution is 0.00299. The molecular formula is C16H25NO2. The van der Waals surface area contributed by atoms with E-state index in [2.05, 4.69) is 38.2 Å². The van der Waals surface area contributed by atoms with E-state index >= 15 is 0 Å². The molecule has 0 unspecified atom stereocenters. The van der Waals surface area contributed by atoms with Gasteiger partial charge in [0.1, 0.15) is 5.75 Å². The van der Waals surface area contributed by atoms with Gasteiger partial charge in [0.05, 0.1) is 12.7 Å². The lowest BCUT2D eigenvalue weighted by Gasteiger charge is -2.36. The maximum Gasteiger partial charge on any atom is 0.121 e. The molecule has 0 heterocycles. The van der Waals surface area contributed by atoms with Gasteiger partial charge >= 0.3 is 0 Å². The Morgan fingerprint density at radius 3 is 2.79 bits per heavy atom. The van der Waals surface area contributed by atoms with Gasteiger partial charge in [0.2, 0.25) is 0 Å². The third-order valence-electron chi connectivity index (χ3n) is 3.29. The molecule has 0 amide bonds. The van der Waals surface area contributed by atoms with E-state index in [1.807, 2.05) is 12.1 Å². The number of anilines is 1. The van der Waals surface area contributed by atoms with Crippen LogP contribution in [-0.2, 0) is 4.74 Å². The van der Waals surface area contributed by atoms with Crippen LogP contribution in [0, 0.1) is 5.92 Å². The fourth-order valence-electron chi connectivity index (χ4n) is 2.23. The van der Waals surface area contributed by atoms with Crippen LogP contribution in [0.1, 0.15) is 33.6 Å². The molecule has 0 radical (unpaired) electrons. The van der Waals surface area contributed by atoms with Crippen molar-refractivity contribution in [1.82, 2.24) is 0 Å². The number of hydrogen-bond donors (Lipinski definition) is 1. The maximum absolute atomic E-state index is 5.74. The van der Waals surface area contributed by atoms with E-state index in [9.17, 15) is 0 Å². The smallest absolute Gasteiger partial charge is 0.121 e. The van der Waals surface area contributed by atoms with Gasteiger partial charge in [0, 0.05) is 24.4 Å². The molecule has 0 atom stereocenters. The quantitative estimate of drug-likeness (QED) is 0.813. The van der Waals surface area contributed by atoms with E-state index in [4.69, 9.17) is 9.47 Å². The molecule has 0 spiro atoms. The first-order valence-corrected chi connectivity index (χ1v) is 7.28. The van der Waals surface area contributed by atoms with Crippen LogP contribution in [0.25, 0.3) is 0 Å². The summed E-state index contributed by atoms with van der Waals surface area (Å²) in [5, 5.41) is 3.53. The van der Waals surface area contributed by atoms with Gasteiger partial charge < -0.3 is 14.8 Å². The second kappa shape index (κ2) is 6.80. The van der Waals surface area contributed by atoms with Crippen LogP contribution < -0.4 is 10.1 Å². The van der Waals surface area contributed by atoms with Gasteiger partial charge in [0.15, 0.2) is 0 Å². The van der Waals surface area contributed by atoms with Crippen molar-refractivity contribution >= 4 is 5.69 Å². The minimum absolute atomic E-state index is 0.447. The average Bonchev–Trinajstić information content (AvgIpc) is 2.34. The Labute approximate surface area is 116 Å². The molecular weight excluding hydrogens is 238 g/mol. The van der Waals surface area contributed by atoms with Crippen LogP contribution in [0.2, 0.25) is 0 Å². The van der Waals surface area contributed by atoms with E-state index in [-0.39, 0.29) is 0 Å². The first-order valence-electron chi connectivity index (χ1n) is 7.28. The fraction of sp³-hybridized carbons (Fsp3) is 0.625. The molecule has 0 aromatic heterocycles. The molecule has 1 aliphatic carbocycles. The van der Waals surface area contributed by atoms with Crippen molar-refractivity contribution in [3.05, 3.63) is 24.3 Å².